The lowest BCUT2D eigenvalue weighted by Gasteiger charge is -2.26. The van der Waals surface area contributed by atoms with Gasteiger partial charge in [0.1, 0.15) is 17.3 Å². The number of methoxy groups -OCH3 is 1. The Labute approximate surface area is 205 Å². The summed E-state index contributed by atoms with van der Waals surface area (Å²) in [5, 5.41) is 11.2. The number of halogens is 3. The first-order chi connectivity index (χ1) is 17.2. The number of benzene rings is 3. The van der Waals surface area contributed by atoms with E-state index in [1.165, 1.54) is 25.3 Å². The van der Waals surface area contributed by atoms with Gasteiger partial charge < -0.3 is 14.6 Å². The van der Waals surface area contributed by atoms with Gasteiger partial charge in [0.05, 0.1) is 30.9 Å². The molecule has 0 saturated carbocycles. The molecule has 186 valence electrons. The van der Waals surface area contributed by atoms with E-state index in [4.69, 9.17) is 9.47 Å². The lowest BCUT2D eigenvalue weighted by Crippen LogP contribution is -2.29. The number of alkyl halides is 3. The van der Waals surface area contributed by atoms with Crippen molar-refractivity contribution in [1.29, 1.82) is 0 Å². The molecule has 6 nitrogen and oxygen atoms in total. The Hall–Kier alpha value is -4.27. The fraction of sp³-hybridized carbons (Fsp3) is 0.185. The zero-order valence-electron chi connectivity index (χ0n) is 19.4. The number of hydrogen-bond acceptors (Lipinski definition) is 5. The minimum absolute atomic E-state index is 0.134. The van der Waals surface area contributed by atoms with E-state index in [-0.39, 0.29) is 16.8 Å². The van der Waals surface area contributed by atoms with Crippen molar-refractivity contribution in [3.8, 4) is 11.5 Å². The molecule has 0 aromatic heterocycles. The molecule has 3 aromatic carbocycles. The molecule has 1 amide bonds. The van der Waals surface area contributed by atoms with Crippen LogP contribution in [-0.4, -0.2) is 30.5 Å². The molecule has 0 radical (unpaired) electrons. The largest absolute Gasteiger partial charge is 0.507 e. The van der Waals surface area contributed by atoms with Gasteiger partial charge in [-0.25, -0.2) is 0 Å². The van der Waals surface area contributed by atoms with E-state index in [1.807, 2.05) is 6.92 Å². The molecule has 0 bridgehead atoms. The van der Waals surface area contributed by atoms with Gasteiger partial charge in [-0.2, -0.15) is 13.2 Å². The highest BCUT2D eigenvalue weighted by Crippen LogP contribution is 2.44. The summed E-state index contributed by atoms with van der Waals surface area (Å²) in [6.07, 6.45) is -4.66. The fourth-order valence-corrected chi connectivity index (χ4v) is 4.09. The van der Waals surface area contributed by atoms with Crippen LogP contribution in [0.2, 0.25) is 0 Å². The third-order valence-electron chi connectivity index (χ3n) is 5.74. The number of amides is 1. The maximum atomic E-state index is 13.4. The first-order valence-corrected chi connectivity index (χ1v) is 11.0. The summed E-state index contributed by atoms with van der Waals surface area (Å²) in [6, 6.07) is 15.6. The highest BCUT2D eigenvalue weighted by molar-refractivity contribution is 6.51. The topological polar surface area (TPSA) is 76.1 Å². The highest BCUT2D eigenvalue weighted by Gasteiger charge is 2.47. The Morgan fingerprint density at radius 3 is 2.31 bits per heavy atom. The Bertz CT molecular complexity index is 1330. The Morgan fingerprint density at radius 2 is 1.67 bits per heavy atom. The third kappa shape index (κ3) is 4.64. The molecule has 1 aliphatic heterocycles. The molecule has 1 atom stereocenters. The average molecular weight is 497 g/mol. The molecule has 4 rings (SSSR count). The Kier molecular flexibility index (Phi) is 6.74. The summed E-state index contributed by atoms with van der Waals surface area (Å²) in [4.78, 5) is 27.4. The smallest absolute Gasteiger partial charge is 0.416 e. The van der Waals surface area contributed by atoms with E-state index in [0.29, 0.717) is 23.7 Å². The van der Waals surface area contributed by atoms with E-state index in [2.05, 4.69) is 0 Å². The van der Waals surface area contributed by atoms with Crippen LogP contribution >= 0.6 is 0 Å². The minimum Gasteiger partial charge on any atom is -0.507 e. The van der Waals surface area contributed by atoms with Crippen LogP contribution in [0.1, 0.15) is 29.7 Å². The van der Waals surface area contributed by atoms with Gasteiger partial charge in [0, 0.05) is 11.3 Å². The molecule has 1 N–H and O–H groups in total. The molecular formula is C27H22F3NO5. The zero-order valence-corrected chi connectivity index (χ0v) is 19.4. The van der Waals surface area contributed by atoms with Crippen LogP contribution in [0.5, 0.6) is 11.5 Å². The van der Waals surface area contributed by atoms with E-state index in [0.717, 1.165) is 23.1 Å². The zero-order chi connectivity index (χ0) is 26.0. The molecule has 0 spiro atoms. The number of Topliss-reactive ketones (excluding diaryl/α,β-unsaturated/α-hetero) is 1. The van der Waals surface area contributed by atoms with Crippen LogP contribution in [-0.2, 0) is 15.8 Å². The van der Waals surface area contributed by atoms with Crippen LogP contribution in [0.25, 0.3) is 5.76 Å². The normalized spacial score (nSPS) is 17.4. The Morgan fingerprint density at radius 1 is 0.972 bits per heavy atom. The van der Waals surface area contributed by atoms with Gasteiger partial charge in [-0.05, 0) is 67.1 Å². The third-order valence-corrected chi connectivity index (χ3v) is 5.74. The second-order valence-electron chi connectivity index (χ2n) is 7.95. The van der Waals surface area contributed by atoms with Crippen molar-refractivity contribution in [1.82, 2.24) is 0 Å². The van der Waals surface area contributed by atoms with Crippen LogP contribution in [0, 0.1) is 0 Å². The molecule has 3 aromatic rings. The van der Waals surface area contributed by atoms with Gasteiger partial charge in [0.15, 0.2) is 0 Å². The number of anilines is 1. The molecule has 1 heterocycles. The van der Waals surface area contributed by atoms with Gasteiger partial charge >= 0.3 is 6.18 Å². The predicted octanol–water partition coefficient (Wildman–Crippen LogP) is 5.74. The first kappa shape index (κ1) is 24.8. The fourth-order valence-electron chi connectivity index (χ4n) is 4.09. The monoisotopic (exact) mass is 497 g/mol. The van der Waals surface area contributed by atoms with E-state index in [1.54, 1.807) is 36.4 Å². The quantitative estimate of drug-likeness (QED) is 0.267. The molecule has 0 aliphatic carbocycles. The SMILES string of the molecule is CCOc1ccc(/C(O)=C2\C(=O)C(=O)N(c3cccc(C(F)(F)F)c3)C2c2cccc(OC)c2)cc1. The van der Waals surface area contributed by atoms with Crippen LogP contribution < -0.4 is 14.4 Å². The first-order valence-electron chi connectivity index (χ1n) is 11.0. The van der Waals surface area contributed by atoms with E-state index in [9.17, 15) is 27.9 Å². The summed E-state index contributed by atoms with van der Waals surface area (Å²) < 4.78 is 50.9. The predicted molar refractivity (Wildman–Crippen MR) is 127 cm³/mol. The molecule has 1 aliphatic rings. The number of ketones is 1. The lowest BCUT2D eigenvalue weighted by molar-refractivity contribution is -0.137. The van der Waals surface area contributed by atoms with Crippen LogP contribution in [0.3, 0.4) is 0 Å². The number of carbonyl (C=O) groups is 2. The molecule has 1 unspecified atom stereocenters. The van der Waals surface area contributed by atoms with Gasteiger partial charge in [-0.3, -0.25) is 14.5 Å². The minimum atomic E-state index is -4.66. The van der Waals surface area contributed by atoms with Crippen LogP contribution in [0.4, 0.5) is 18.9 Å². The second-order valence-corrected chi connectivity index (χ2v) is 7.95. The van der Waals surface area contributed by atoms with Crippen molar-refractivity contribution in [2.75, 3.05) is 18.6 Å². The van der Waals surface area contributed by atoms with Gasteiger partial charge in [0.2, 0.25) is 0 Å². The van der Waals surface area contributed by atoms with Gasteiger partial charge in [-0.15, -0.1) is 0 Å². The number of ether oxygens (including phenoxy) is 2. The summed E-state index contributed by atoms with van der Waals surface area (Å²) in [7, 11) is 1.43. The number of rotatable bonds is 6. The lowest BCUT2D eigenvalue weighted by atomic mass is 9.95. The van der Waals surface area contributed by atoms with Crippen molar-refractivity contribution in [3.05, 3.63) is 95.1 Å². The standard InChI is InChI=1S/C27H22F3NO5/c1-3-36-20-12-10-16(11-13-20)24(32)22-23(17-6-4-9-21(14-17)35-2)31(26(34)25(22)33)19-8-5-7-18(15-19)27(28,29)30/h4-15,23,32H,3H2,1-2H3/b24-22+. The van der Waals surface area contributed by atoms with Crippen LogP contribution in [0.15, 0.2) is 78.4 Å². The van der Waals surface area contributed by atoms with Crippen molar-refractivity contribution < 1.29 is 37.3 Å². The maximum Gasteiger partial charge on any atom is 0.416 e. The number of hydrogen-bond donors (Lipinski definition) is 1. The molecule has 36 heavy (non-hydrogen) atoms. The van der Waals surface area contributed by atoms with Crippen molar-refractivity contribution >= 4 is 23.1 Å². The van der Waals surface area contributed by atoms with E-state index >= 15 is 0 Å². The molecule has 1 fully saturated rings. The molecule has 9 heteroatoms. The number of aliphatic hydroxyl groups is 1. The summed E-state index contributed by atoms with van der Waals surface area (Å²) in [5.41, 5.74) is -0.745. The van der Waals surface area contributed by atoms with Crippen molar-refractivity contribution in [2.24, 2.45) is 0 Å². The second kappa shape index (κ2) is 9.77. The van der Waals surface area contributed by atoms with Gasteiger partial charge in [-0.1, -0.05) is 18.2 Å². The number of carbonyl (C=O) groups excluding carboxylic acids is 2. The molecule has 1 saturated heterocycles. The molecular weight excluding hydrogens is 475 g/mol. The van der Waals surface area contributed by atoms with Gasteiger partial charge in [0.25, 0.3) is 11.7 Å². The summed E-state index contributed by atoms with van der Waals surface area (Å²) in [5.74, 6) is -1.59. The number of nitrogens with zero attached hydrogens (tertiary/aromatic N) is 1. The highest BCUT2D eigenvalue weighted by atomic mass is 19.4. The van der Waals surface area contributed by atoms with Crippen molar-refractivity contribution in [3.63, 3.8) is 0 Å². The van der Waals surface area contributed by atoms with Crippen molar-refractivity contribution in [2.45, 2.75) is 19.1 Å². The van der Waals surface area contributed by atoms with E-state index < -0.39 is 35.2 Å². The Balaban J connectivity index is 1.92. The summed E-state index contributed by atoms with van der Waals surface area (Å²) >= 11 is 0. The number of aliphatic hydroxyl groups excluding tert-OH is 1. The average Bonchev–Trinajstić information content (AvgIpc) is 3.14. The summed E-state index contributed by atoms with van der Waals surface area (Å²) in [6.45, 7) is 2.25. The maximum absolute atomic E-state index is 13.4.